The van der Waals surface area contributed by atoms with Gasteiger partial charge in [-0.05, 0) is 93.9 Å². The molecule has 4 heteroatoms. The van der Waals surface area contributed by atoms with Crippen molar-refractivity contribution in [2.45, 2.75) is 90.3 Å². The fourth-order valence-corrected chi connectivity index (χ4v) is 7.41. The maximum absolute atomic E-state index is 10.00. The Morgan fingerprint density at radius 2 is 1.87 bits per heavy atom. The van der Waals surface area contributed by atoms with Crippen LogP contribution in [0.2, 0.25) is 0 Å². The third kappa shape index (κ3) is 5.63. The number of morpholine rings is 1. The van der Waals surface area contributed by atoms with E-state index in [9.17, 15) is 10.2 Å². The summed E-state index contributed by atoms with van der Waals surface area (Å²) in [5, 5.41) is 20.0. The van der Waals surface area contributed by atoms with Crippen LogP contribution in [0.4, 0.5) is 0 Å². The molecule has 4 rings (SSSR count). The van der Waals surface area contributed by atoms with Crippen molar-refractivity contribution >= 4 is 0 Å². The Morgan fingerprint density at radius 1 is 1.13 bits per heavy atom. The number of aliphatic hydroxyl groups is 2. The molecule has 0 radical (unpaired) electrons. The van der Waals surface area contributed by atoms with Crippen LogP contribution in [0.3, 0.4) is 0 Å². The number of hydrogen-bond donors (Lipinski definition) is 2. The van der Waals surface area contributed by atoms with Crippen molar-refractivity contribution in [2.24, 2.45) is 23.2 Å². The highest BCUT2D eigenvalue weighted by Gasteiger charge is 2.50. The van der Waals surface area contributed by atoms with Gasteiger partial charge < -0.3 is 14.9 Å². The van der Waals surface area contributed by atoms with Crippen molar-refractivity contribution in [3.05, 3.63) is 23.3 Å². The lowest BCUT2D eigenvalue weighted by Crippen LogP contribution is -2.38. The average molecular weight is 432 g/mol. The number of nitrogens with zero attached hydrogens (tertiary/aromatic N) is 1. The molecule has 3 aliphatic carbocycles. The first-order valence-corrected chi connectivity index (χ1v) is 13.0. The summed E-state index contributed by atoms with van der Waals surface area (Å²) >= 11 is 0. The summed E-state index contributed by atoms with van der Waals surface area (Å²) in [4.78, 5) is 2.57. The topological polar surface area (TPSA) is 52.9 Å². The molecule has 0 amide bonds. The summed E-state index contributed by atoms with van der Waals surface area (Å²) in [6.07, 6.45) is 15.2. The minimum atomic E-state index is -0.376. The summed E-state index contributed by atoms with van der Waals surface area (Å²) in [5.74, 6) is 2.37. The van der Waals surface area contributed by atoms with Crippen molar-refractivity contribution in [3.63, 3.8) is 0 Å². The maximum atomic E-state index is 10.00. The smallest absolute Gasteiger partial charge is 0.0602 e. The Kier molecular flexibility index (Phi) is 7.95. The molecule has 1 saturated heterocycles. The monoisotopic (exact) mass is 431 g/mol. The third-order valence-electron chi connectivity index (χ3n) is 9.04. The molecule has 176 valence electrons. The lowest BCUT2D eigenvalue weighted by atomic mass is 9.60. The Labute approximate surface area is 189 Å². The summed E-state index contributed by atoms with van der Waals surface area (Å²) in [6, 6.07) is 0. The predicted octanol–water partition coefficient (Wildman–Crippen LogP) is 4.71. The van der Waals surface area contributed by atoms with E-state index in [1.54, 1.807) is 5.57 Å². The van der Waals surface area contributed by atoms with Gasteiger partial charge in [0.05, 0.1) is 25.4 Å². The Balaban J connectivity index is 1.35. The minimum absolute atomic E-state index is 0.376. The van der Waals surface area contributed by atoms with E-state index in [1.807, 2.05) is 0 Å². The Morgan fingerprint density at radius 3 is 2.61 bits per heavy atom. The third-order valence-corrected chi connectivity index (χ3v) is 9.04. The molecular weight excluding hydrogens is 386 g/mol. The van der Waals surface area contributed by atoms with Crippen molar-refractivity contribution in [1.29, 1.82) is 0 Å². The van der Waals surface area contributed by atoms with Crippen LogP contribution in [-0.4, -0.2) is 60.2 Å². The van der Waals surface area contributed by atoms with Crippen LogP contribution >= 0.6 is 0 Å². The standard InChI is InChI=1S/C27H45NO3/c1-20(5-4-12-28-13-15-31-16-14-28)25-9-10-26-22(6-3-11-27(25,26)2)8-7-21-17-23(29)19-24(30)18-21/h7-8,20,23-26,29-30H,3-6,9-19H2,1-2H3/t20?,23-,24-,25-,26+,27-/m1/s1. The van der Waals surface area contributed by atoms with Gasteiger partial charge in [0.15, 0.2) is 0 Å². The van der Waals surface area contributed by atoms with Crippen LogP contribution in [0.1, 0.15) is 78.1 Å². The molecule has 31 heavy (non-hydrogen) atoms. The van der Waals surface area contributed by atoms with E-state index in [0.717, 1.165) is 56.9 Å². The quantitative estimate of drug-likeness (QED) is 0.639. The maximum Gasteiger partial charge on any atom is 0.0602 e. The highest BCUT2D eigenvalue weighted by Crippen LogP contribution is 2.59. The first-order valence-electron chi connectivity index (χ1n) is 13.0. The van der Waals surface area contributed by atoms with Gasteiger partial charge in [-0.3, -0.25) is 4.90 Å². The predicted molar refractivity (Wildman–Crippen MR) is 126 cm³/mol. The van der Waals surface area contributed by atoms with Crippen LogP contribution in [0, 0.1) is 23.2 Å². The zero-order valence-electron chi connectivity index (χ0n) is 19.9. The van der Waals surface area contributed by atoms with E-state index in [4.69, 9.17) is 4.74 Å². The molecule has 6 atom stereocenters. The fraction of sp³-hybridized carbons (Fsp3) is 0.852. The van der Waals surface area contributed by atoms with Gasteiger partial charge in [-0.25, -0.2) is 0 Å². The average Bonchev–Trinajstić information content (AvgIpc) is 3.10. The van der Waals surface area contributed by atoms with E-state index >= 15 is 0 Å². The molecule has 2 N–H and O–H groups in total. The molecule has 1 unspecified atom stereocenters. The van der Waals surface area contributed by atoms with E-state index in [0.29, 0.717) is 11.8 Å². The molecule has 1 heterocycles. The van der Waals surface area contributed by atoms with Crippen molar-refractivity contribution in [1.82, 2.24) is 4.90 Å². The first-order chi connectivity index (χ1) is 15.0. The minimum Gasteiger partial charge on any atom is -0.393 e. The first kappa shape index (κ1) is 23.5. The van der Waals surface area contributed by atoms with Gasteiger partial charge in [0, 0.05) is 13.1 Å². The van der Waals surface area contributed by atoms with Gasteiger partial charge in [-0.2, -0.15) is 0 Å². The van der Waals surface area contributed by atoms with E-state index < -0.39 is 0 Å². The normalized spacial score (nSPS) is 39.5. The molecule has 3 saturated carbocycles. The molecule has 4 nitrogen and oxygen atoms in total. The fourth-order valence-electron chi connectivity index (χ4n) is 7.41. The van der Waals surface area contributed by atoms with Crippen LogP contribution < -0.4 is 0 Å². The van der Waals surface area contributed by atoms with Crippen LogP contribution in [-0.2, 0) is 4.74 Å². The molecule has 0 bridgehead atoms. The van der Waals surface area contributed by atoms with Gasteiger partial charge in [0.25, 0.3) is 0 Å². The van der Waals surface area contributed by atoms with Gasteiger partial charge in [-0.1, -0.05) is 37.1 Å². The highest BCUT2D eigenvalue weighted by atomic mass is 16.5. The van der Waals surface area contributed by atoms with Crippen molar-refractivity contribution in [2.75, 3.05) is 32.8 Å². The summed E-state index contributed by atoms with van der Waals surface area (Å²) in [5.41, 5.74) is 3.31. The van der Waals surface area contributed by atoms with E-state index in [1.165, 1.54) is 57.1 Å². The zero-order valence-corrected chi connectivity index (χ0v) is 19.9. The molecule has 4 fully saturated rings. The summed E-state index contributed by atoms with van der Waals surface area (Å²) < 4.78 is 5.48. The molecule has 0 spiro atoms. The Hall–Kier alpha value is -0.680. The molecule has 0 aromatic rings. The molecule has 4 aliphatic rings. The second-order valence-corrected chi connectivity index (χ2v) is 11.2. The number of aliphatic hydroxyl groups excluding tert-OH is 2. The largest absolute Gasteiger partial charge is 0.393 e. The van der Waals surface area contributed by atoms with Crippen LogP contribution in [0.5, 0.6) is 0 Å². The van der Waals surface area contributed by atoms with Gasteiger partial charge in [0.1, 0.15) is 0 Å². The molecular formula is C27H45NO3. The lowest BCUT2D eigenvalue weighted by molar-refractivity contribution is 0.0351. The van der Waals surface area contributed by atoms with Crippen LogP contribution in [0.15, 0.2) is 23.3 Å². The molecule has 0 aromatic carbocycles. The van der Waals surface area contributed by atoms with Crippen molar-refractivity contribution in [3.8, 4) is 0 Å². The van der Waals surface area contributed by atoms with Crippen molar-refractivity contribution < 1.29 is 14.9 Å². The number of allylic oxidation sites excluding steroid dienone is 3. The molecule has 0 aromatic heterocycles. The zero-order chi connectivity index (χ0) is 21.8. The van der Waals surface area contributed by atoms with E-state index in [2.05, 4.69) is 30.9 Å². The lowest BCUT2D eigenvalue weighted by Gasteiger charge is -2.44. The second-order valence-electron chi connectivity index (χ2n) is 11.2. The number of hydrogen-bond acceptors (Lipinski definition) is 4. The van der Waals surface area contributed by atoms with Crippen LogP contribution in [0.25, 0.3) is 0 Å². The number of rotatable bonds is 6. The van der Waals surface area contributed by atoms with Gasteiger partial charge >= 0.3 is 0 Å². The van der Waals surface area contributed by atoms with E-state index in [-0.39, 0.29) is 12.2 Å². The molecule has 1 aliphatic heterocycles. The number of fused-ring (bicyclic) bond motifs is 1. The SMILES string of the molecule is CC(CCCN1CCOCC1)[C@H]1CC[C@H]2C(=CC=C3C[C@@H](O)C[C@H](O)C3)CCC[C@]12C. The van der Waals surface area contributed by atoms with Gasteiger partial charge in [-0.15, -0.1) is 0 Å². The second kappa shape index (κ2) is 10.5. The van der Waals surface area contributed by atoms with Gasteiger partial charge in [0.2, 0.25) is 0 Å². The summed E-state index contributed by atoms with van der Waals surface area (Å²) in [7, 11) is 0. The highest BCUT2D eigenvalue weighted by molar-refractivity contribution is 5.26. The Bertz CT molecular complexity index is 641. The summed E-state index contributed by atoms with van der Waals surface area (Å²) in [6.45, 7) is 10.4. The number of ether oxygens (including phenoxy) is 1.